The quantitative estimate of drug-likeness (QED) is 0.649. The van der Waals surface area contributed by atoms with Gasteiger partial charge in [0, 0.05) is 53.9 Å². The van der Waals surface area contributed by atoms with Gasteiger partial charge in [-0.15, -0.1) is 11.8 Å². The van der Waals surface area contributed by atoms with Crippen molar-refractivity contribution in [3.8, 4) is 11.4 Å². The van der Waals surface area contributed by atoms with E-state index in [4.69, 9.17) is 0 Å². The summed E-state index contributed by atoms with van der Waals surface area (Å²) in [6.07, 6.45) is 2.02. The van der Waals surface area contributed by atoms with Gasteiger partial charge in [-0.3, -0.25) is 0 Å². The standard InChI is InChI=1S/C20H21N5OS2/c1-27-17-9-5-8-16(14-17)21-19(26)24-10-12-25(13-11-24)20-22-18(23-28-20)15-6-3-2-4-7-15/h2-9,14H,10-13H2,1H3,(H,21,26). The highest BCUT2D eigenvalue weighted by Crippen LogP contribution is 2.25. The van der Waals surface area contributed by atoms with E-state index >= 15 is 0 Å². The number of nitrogens with zero attached hydrogens (tertiary/aromatic N) is 4. The lowest BCUT2D eigenvalue weighted by molar-refractivity contribution is 0.208. The van der Waals surface area contributed by atoms with Crippen LogP contribution in [0.2, 0.25) is 0 Å². The van der Waals surface area contributed by atoms with E-state index in [1.165, 1.54) is 11.5 Å². The summed E-state index contributed by atoms with van der Waals surface area (Å²) in [4.78, 5) is 22.4. The van der Waals surface area contributed by atoms with E-state index in [0.717, 1.165) is 40.2 Å². The smallest absolute Gasteiger partial charge is 0.321 e. The molecule has 28 heavy (non-hydrogen) atoms. The maximum absolute atomic E-state index is 12.6. The molecule has 4 rings (SSSR count). The third-order valence-corrected chi connectivity index (χ3v) is 6.11. The van der Waals surface area contributed by atoms with Crippen molar-refractivity contribution in [3.63, 3.8) is 0 Å². The van der Waals surface area contributed by atoms with Crippen LogP contribution in [0.4, 0.5) is 15.6 Å². The zero-order valence-electron chi connectivity index (χ0n) is 15.5. The van der Waals surface area contributed by atoms with Crippen LogP contribution in [0.5, 0.6) is 0 Å². The zero-order valence-corrected chi connectivity index (χ0v) is 17.2. The van der Waals surface area contributed by atoms with Gasteiger partial charge in [-0.2, -0.15) is 9.36 Å². The fourth-order valence-corrected chi connectivity index (χ4v) is 4.25. The number of rotatable bonds is 4. The van der Waals surface area contributed by atoms with Crippen LogP contribution in [-0.2, 0) is 0 Å². The SMILES string of the molecule is CSc1cccc(NC(=O)N2CCN(c3nc(-c4ccccc4)ns3)CC2)c1. The Kier molecular flexibility index (Phi) is 5.78. The van der Waals surface area contributed by atoms with Crippen molar-refractivity contribution >= 4 is 40.1 Å². The molecular weight excluding hydrogens is 390 g/mol. The number of benzene rings is 2. The number of carbonyl (C=O) groups is 1. The van der Waals surface area contributed by atoms with Crippen LogP contribution in [0.25, 0.3) is 11.4 Å². The average Bonchev–Trinajstić information content (AvgIpc) is 3.25. The van der Waals surface area contributed by atoms with E-state index in [0.29, 0.717) is 13.1 Å². The lowest BCUT2D eigenvalue weighted by Crippen LogP contribution is -2.50. The van der Waals surface area contributed by atoms with Gasteiger partial charge < -0.3 is 15.1 Å². The molecule has 1 aliphatic rings. The van der Waals surface area contributed by atoms with Gasteiger partial charge in [0.05, 0.1) is 0 Å². The number of amides is 2. The molecule has 0 atom stereocenters. The van der Waals surface area contributed by atoms with Gasteiger partial charge in [0.25, 0.3) is 0 Å². The summed E-state index contributed by atoms with van der Waals surface area (Å²) in [5.41, 5.74) is 1.85. The summed E-state index contributed by atoms with van der Waals surface area (Å²) in [5.74, 6) is 0.759. The zero-order chi connectivity index (χ0) is 19.3. The molecule has 0 radical (unpaired) electrons. The van der Waals surface area contributed by atoms with Crippen molar-refractivity contribution in [2.45, 2.75) is 4.90 Å². The molecule has 2 aromatic carbocycles. The Morgan fingerprint density at radius 1 is 1.07 bits per heavy atom. The van der Waals surface area contributed by atoms with Gasteiger partial charge in [0.15, 0.2) is 5.82 Å². The lowest BCUT2D eigenvalue weighted by Gasteiger charge is -2.34. The summed E-state index contributed by atoms with van der Waals surface area (Å²) in [7, 11) is 0. The predicted molar refractivity (Wildman–Crippen MR) is 116 cm³/mol. The number of hydrogen-bond acceptors (Lipinski definition) is 6. The Morgan fingerprint density at radius 3 is 2.61 bits per heavy atom. The molecule has 3 aromatic rings. The highest BCUT2D eigenvalue weighted by atomic mass is 32.2. The molecule has 1 aromatic heterocycles. The van der Waals surface area contributed by atoms with E-state index in [1.54, 1.807) is 11.8 Å². The molecule has 0 bridgehead atoms. The van der Waals surface area contributed by atoms with Crippen LogP contribution in [0.3, 0.4) is 0 Å². The molecule has 0 unspecified atom stereocenters. The largest absolute Gasteiger partial charge is 0.343 e. The maximum atomic E-state index is 12.6. The van der Waals surface area contributed by atoms with Crippen LogP contribution in [0, 0.1) is 0 Å². The van der Waals surface area contributed by atoms with Gasteiger partial charge in [-0.25, -0.2) is 4.79 Å². The first-order chi connectivity index (χ1) is 13.7. The minimum atomic E-state index is -0.0554. The average molecular weight is 412 g/mol. The lowest BCUT2D eigenvalue weighted by atomic mass is 10.2. The monoisotopic (exact) mass is 411 g/mol. The Labute approximate surface area is 172 Å². The first-order valence-electron chi connectivity index (χ1n) is 9.07. The Balaban J connectivity index is 1.34. The van der Waals surface area contributed by atoms with Gasteiger partial charge in [0.2, 0.25) is 5.13 Å². The van der Waals surface area contributed by atoms with Gasteiger partial charge >= 0.3 is 6.03 Å². The number of aromatic nitrogens is 2. The molecule has 1 fully saturated rings. The summed E-state index contributed by atoms with van der Waals surface area (Å²) in [5, 5.41) is 3.91. The van der Waals surface area contributed by atoms with Gasteiger partial charge in [-0.05, 0) is 24.5 Å². The molecule has 1 saturated heterocycles. The van der Waals surface area contributed by atoms with Crippen molar-refractivity contribution in [1.29, 1.82) is 0 Å². The number of urea groups is 1. The Morgan fingerprint density at radius 2 is 1.86 bits per heavy atom. The third kappa shape index (κ3) is 4.28. The minimum absolute atomic E-state index is 0.0554. The van der Waals surface area contributed by atoms with Gasteiger partial charge in [0.1, 0.15) is 0 Å². The van der Waals surface area contributed by atoms with Crippen LogP contribution in [0.1, 0.15) is 0 Å². The fraction of sp³-hybridized carbons (Fsp3) is 0.250. The van der Waals surface area contributed by atoms with Crippen molar-refractivity contribution in [1.82, 2.24) is 14.3 Å². The number of thioether (sulfide) groups is 1. The topological polar surface area (TPSA) is 61.4 Å². The third-order valence-electron chi connectivity index (χ3n) is 4.61. The second-order valence-electron chi connectivity index (χ2n) is 6.40. The first-order valence-corrected chi connectivity index (χ1v) is 11.1. The molecule has 1 aliphatic heterocycles. The second kappa shape index (κ2) is 8.62. The Bertz CT molecular complexity index is 939. The second-order valence-corrected chi connectivity index (χ2v) is 8.01. The van der Waals surface area contributed by atoms with Crippen LogP contribution >= 0.6 is 23.3 Å². The molecule has 8 heteroatoms. The number of piperazine rings is 1. The molecule has 1 N–H and O–H groups in total. The van der Waals surface area contributed by atoms with E-state index in [9.17, 15) is 4.79 Å². The maximum Gasteiger partial charge on any atom is 0.321 e. The summed E-state index contributed by atoms with van der Waals surface area (Å²) >= 11 is 3.07. The molecule has 144 valence electrons. The molecular formula is C20H21N5OS2. The van der Waals surface area contributed by atoms with Crippen LogP contribution in [-0.4, -0.2) is 52.7 Å². The fourth-order valence-electron chi connectivity index (χ4n) is 3.05. The molecule has 2 amide bonds. The predicted octanol–water partition coefficient (Wildman–Crippen LogP) is 4.28. The number of anilines is 2. The van der Waals surface area contributed by atoms with Crippen molar-refractivity contribution in [2.24, 2.45) is 0 Å². The normalized spacial score (nSPS) is 14.2. The highest BCUT2D eigenvalue weighted by Gasteiger charge is 2.23. The Hall–Kier alpha value is -2.58. The van der Waals surface area contributed by atoms with Crippen LogP contribution < -0.4 is 10.2 Å². The van der Waals surface area contributed by atoms with E-state index in [2.05, 4.69) is 19.6 Å². The van der Waals surface area contributed by atoms with Crippen molar-refractivity contribution in [3.05, 3.63) is 54.6 Å². The summed E-state index contributed by atoms with van der Waals surface area (Å²) in [6.45, 7) is 2.83. The number of hydrogen-bond donors (Lipinski definition) is 1. The molecule has 6 nitrogen and oxygen atoms in total. The van der Waals surface area contributed by atoms with Crippen molar-refractivity contribution in [2.75, 3.05) is 42.7 Å². The summed E-state index contributed by atoms with van der Waals surface area (Å²) < 4.78 is 4.48. The first kappa shape index (κ1) is 18.8. The molecule has 0 saturated carbocycles. The summed E-state index contributed by atoms with van der Waals surface area (Å²) in [6, 6.07) is 17.8. The van der Waals surface area contributed by atoms with E-state index in [-0.39, 0.29) is 6.03 Å². The van der Waals surface area contributed by atoms with E-state index in [1.807, 2.05) is 65.8 Å². The van der Waals surface area contributed by atoms with Crippen LogP contribution in [0.15, 0.2) is 59.5 Å². The number of carbonyl (C=O) groups excluding carboxylic acids is 1. The number of nitrogens with one attached hydrogen (secondary N) is 1. The van der Waals surface area contributed by atoms with E-state index < -0.39 is 0 Å². The molecule has 0 spiro atoms. The molecule has 2 heterocycles. The highest BCUT2D eigenvalue weighted by molar-refractivity contribution is 7.98. The van der Waals surface area contributed by atoms with Crippen molar-refractivity contribution < 1.29 is 4.79 Å². The minimum Gasteiger partial charge on any atom is -0.343 e. The van der Waals surface area contributed by atoms with Gasteiger partial charge in [-0.1, -0.05) is 36.4 Å². The molecule has 0 aliphatic carbocycles.